The topological polar surface area (TPSA) is 78.6 Å². The van der Waals surface area contributed by atoms with Crippen LogP contribution >= 0.6 is 22.9 Å². The first-order valence-corrected chi connectivity index (χ1v) is 9.24. The average molecular weight is 406 g/mol. The number of hydrogen-bond donors (Lipinski definition) is 0. The molecule has 0 amide bonds. The maximum atomic E-state index is 12.4. The van der Waals surface area contributed by atoms with Gasteiger partial charge in [0.05, 0.1) is 20.5 Å². The summed E-state index contributed by atoms with van der Waals surface area (Å²) < 4.78 is 16.5. The van der Waals surface area contributed by atoms with Gasteiger partial charge in [0, 0.05) is 0 Å². The van der Waals surface area contributed by atoms with Gasteiger partial charge >= 0.3 is 5.97 Å². The zero-order valence-electron chi connectivity index (χ0n) is 14.7. The lowest BCUT2D eigenvalue weighted by molar-refractivity contribution is 0.0471. The van der Waals surface area contributed by atoms with E-state index in [0.717, 1.165) is 22.6 Å². The van der Waals surface area contributed by atoms with Gasteiger partial charge in [0.25, 0.3) is 0 Å². The number of halogens is 1. The molecule has 0 fully saturated rings. The Labute approximate surface area is 164 Å². The second-order valence-electron chi connectivity index (χ2n) is 5.69. The van der Waals surface area contributed by atoms with Crippen molar-refractivity contribution in [2.45, 2.75) is 20.5 Å². The van der Waals surface area contributed by atoms with Crippen molar-refractivity contribution in [2.24, 2.45) is 0 Å². The zero-order chi connectivity index (χ0) is 19.4. The summed E-state index contributed by atoms with van der Waals surface area (Å²) in [6.45, 7) is 3.45. The van der Waals surface area contributed by atoms with Crippen molar-refractivity contribution < 1.29 is 23.6 Å². The van der Waals surface area contributed by atoms with Crippen LogP contribution in [0.5, 0.6) is 5.75 Å². The molecule has 0 unspecified atom stereocenters. The highest BCUT2D eigenvalue weighted by Crippen LogP contribution is 2.24. The van der Waals surface area contributed by atoms with Gasteiger partial charge in [-0.3, -0.25) is 4.79 Å². The van der Waals surface area contributed by atoms with E-state index in [-0.39, 0.29) is 24.6 Å². The molecule has 0 saturated heterocycles. The number of nitrogens with zero attached hydrogens (tertiary/aromatic N) is 1. The van der Waals surface area contributed by atoms with Gasteiger partial charge in [-0.2, -0.15) is 0 Å². The van der Waals surface area contributed by atoms with Crippen LogP contribution in [0.4, 0.5) is 0 Å². The molecule has 0 spiro atoms. The molecule has 6 nitrogen and oxygen atoms in total. The molecule has 0 N–H and O–H groups in total. The van der Waals surface area contributed by atoms with E-state index < -0.39 is 5.97 Å². The van der Waals surface area contributed by atoms with Crippen LogP contribution in [0.15, 0.2) is 40.9 Å². The predicted octanol–water partition coefficient (Wildman–Crippen LogP) is 4.63. The van der Waals surface area contributed by atoms with Crippen molar-refractivity contribution in [1.29, 1.82) is 0 Å². The van der Waals surface area contributed by atoms with E-state index in [1.807, 2.05) is 6.92 Å². The Morgan fingerprint density at radius 3 is 2.63 bits per heavy atom. The number of benzene rings is 1. The number of rotatable bonds is 7. The maximum Gasteiger partial charge on any atom is 0.342 e. The molecule has 2 heterocycles. The van der Waals surface area contributed by atoms with Crippen LogP contribution in [0.1, 0.15) is 37.0 Å². The molecule has 0 aliphatic rings. The van der Waals surface area contributed by atoms with Gasteiger partial charge in [0.1, 0.15) is 23.7 Å². The minimum atomic E-state index is -0.639. The molecule has 3 aromatic rings. The van der Waals surface area contributed by atoms with Gasteiger partial charge in [-0.1, -0.05) is 28.9 Å². The fourth-order valence-corrected chi connectivity index (χ4v) is 3.33. The van der Waals surface area contributed by atoms with Crippen LogP contribution in [-0.2, 0) is 11.3 Å². The number of para-hydroxylation sites is 1. The van der Waals surface area contributed by atoms with E-state index in [1.54, 1.807) is 43.3 Å². The van der Waals surface area contributed by atoms with Gasteiger partial charge in [-0.25, -0.2) is 4.79 Å². The van der Waals surface area contributed by atoms with Crippen molar-refractivity contribution in [3.63, 3.8) is 0 Å². The Hall–Kier alpha value is -2.64. The van der Waals surface area contributed by atoms with Crippen LogP contribution in [0.3, 0.4) is 0 Å². The molecule has 1 aromatic carbocycles. The summed E-state index contributed by atoms with van der Waals surface area (Å²) in [4.78, 5) is 24.9. The van der Waals surface area contributed by atoms with Crippen molar-refractivity contribution in [3.05, 3.63) is 68.2 Å². The second-order valence-corrected chi connectivity index (χ2v) is 7.41. The van der Waals surface area contributed by atoms with E-state index in [4.69, 9.17) is 25.6 Å². The minimum absolute atomic E-state index is 0.206. The van der Waals surface area contributed by atoms with E-state index >= 15 is 0 Å². The first-order chi connectivity index (χ1) is 13.0. The van der Waals surface area contributed by atoms with Gasteiger partial charge < -0.3 is 14.0 Å². The fraction of sp³-hybridized carbons (Fsp3) is 0.211. The van der Waals surface area contributed by atoms with Crippen LogP contribution in [0, 0.1) is 13.8 Å². The number of esters is 1. The summed E-state index contributed by atoms with van der Waals surface area (Å²) in [5.74, 6) is 0.0663. The standard InChI is InChI=1S/C19H16ClNO5S/c1-11-14(12(2)26-21-11)9-24-16-6-4-3-5-13(16)19(23)25-10-15(22)17-7-8-18(20)27-17/h3-8H,9-10H2,1-2H3. The van der Waals surface area contributed by atoms with E-state index in [2.05, 4.69) is 5.16 Å². The lowest BCUT2D eigenvalue weighted by Gasteiger charge is -2.11. The van der Waals surface area contributed by atoms with Gasteiger partial charge in [-0.05, 0) is 38.1 Å². The molecule has 27 heavy (non-hydrogen) atoms. The summed E-state index contributed by atoms with van der Waals surface area (Å²) in [5, 5.41) is 3.87. The Balaban J connectivity index is 1.65. The van der Waals surface area contributed by atoms with Crippen molar-refractivity contribution in [2.75, 3.05) is 6.61 Å². The number of ketones is 1. The Morgan fingerprint density at radius 1 is 1.19 bits per heavy atom. The number of aryl methyl sites for hydroxylation is 2. The molecule has 0 saturated carbocycles. The lowest BCUT2D eigenvalue weighted by atomic mass is 10.2. The molecule has 0 atom stereocenters. The number of carbonyl (C=O) groups excluding carboxylic acids is 2. The van der Waals surface area contributed by atoms with Crippen molar-refractivity contribution >= 4 is 34.7 Å². The largest absolute Gasteiger partial charge is 0.488 e. The third-order valence-corrected chi connectivity index (χ3v) is 5.11. The van der Waals surface area contributed by atoms with Crippen LogP contribution in [-0.4, -0.2) is 23.5 Å². The lowest BCUT2D eigenvalue weighted by Crippen LogP contribution is -2.14. The number of Topliss-reactive ketones (excluding diaryl/α,β-unsaturated/α-hetero) is 1. The SMILES string of the molecule is Cc1noc(C)c1COc1ccccc1C(=O)OCC(=O)c1ccc(Cl)s1. The minimum Gasteiger partial charge on any atom is -0.488 e. The van der Waals surface area contributed by atoms with Gasteiger partial charge in [-0.15, -0.1) is 11.3 Å². The van der Waals surface area contributed by atoms with E-state index in [0.29, 0.717) is 20.7 Å². The third kappa shape index (κ3) is 4.56. The molecule has 8 heteroatoms. The molecule has 0 aliphatic carbocycles. The zero-order valence-corrected chi connectivity index (χ0v) is 16.2. The summed E-state index contributed by atoms with van der Waals surface area (Å²) in [6, 6.07) is 9.91. The molecule has 140 valence electrons. The molecule has 2 aromatic heterocycles. The van der Waals surface area contributed by atoms with Gasteiger partial charge in [0.15, 0.2) is 6.61 Å². The Bertz CT molecular complexity index is 959. The van der Waals surface area contributed by atoms with Crippen LogP contribution < -0.4 is 4.74 Å². The molecule has 0 aliphatic heterocycles. The predicted molar refractivity (Wildman–Crippen MR) is 101 cm³/mol. The number of ether oxygens (including phenoxy) is 2. The first-order valence-electron chi connectivity index (χ1n) is 8.05. The highest BCUT2D eigenvalue weighted by atomic mass is 35.5. The summed E-state index contributed by atoms with van der Waals surface area (Å²) in [6.07, 6.45) is 0. The van der Waals surface area contributed by atoms with Gasteiger partial charge in [0.2, 0.25) is 5.78 Å². The maximum absolute atomic E-state index is 12.4. The van der Waals surface area contributed by atoms with Crippen LogP contribution in [0.2, 0.25) is 4.34 Å². The fourth-order valence-electron chi connectivity index (χ4n) is 2.36. The summed E-state index contributed by atoms with van der Waals surface area (Å²) in [5.41, 5.74) is 1.79. The summed E-state index contributed by atoms with van der Waals surface area (Å²) >= 11 is 6.95. The molecule has 0 bridgehead atoms. The number of aromatic nitrogens is 1. The molecular weight excluding hydrogens is 390 g/mol. The van der Waals surface area contributed by atoms with E-state index in [1.165, 1.54) is 0 Å². The monoisotopic (exact) mass is 405 g/mol. The smallest absolute Gasteiger partial charge is 0.342 e. The number of thiophene rings is 1. The summed E-state index contributed by atoms with van der Waals surface area (Å²) in [7, 11) is 0. The third-order valence-electron chi connectivity index (χ3n) is 3.84. The van der Waals surface area contributed by atoms with E-state index in [9.17, 15) is 9.59 Å². The Morgan fingerprint density at radius 2 is 1.96 bits per heavy atom. The Kier molecular flexibility index (Phi) is 5.93. The normalized spacial score (nSPS) is 10.6. The molecule has 0 radical (unpaired) electrons. The molecular formula is C19H16ClNO5S. The highest BCUT2D eigenvalue weighted by Gasteiger charge is 2.18. The average Bonchev–Trinajstić information content (AvgIpc) is 3.24. The highest BCUT2D eigenvalue weighted by molar-refractivity contribution is 7.18. The number of hydrogen-bond acceptors (Lipinski definition) is 7. The van der Waals surface area contributed by atoms with Crippen molar-refractivity contribution in [1.82, 2.24) is 5.16 Å². The second kappa shape index (κ2) is 8.37. The first kappa shape index (κ1) is 19.1. The number of carbonyl (C=O) groups is 2. The molecule has 3 rings (SSSR count). The van der Waals surface area contributed by atoms with Crippen molar-refractivity contribution in [3.8, 4) is 5.75 Å². The quantitative estimate of drug-likeness (QED) is 0.421. The van der Waals surface area contributed by atoms with Crippen LogP contribution in [0.25, 0.3) is 0 Å².